The van der Waals surface area contributed by atoms with Crippen molar-refractivity contribution in [2.45, 2.75) is 13.5 Å². The fourth-order valence-corrected chi connectivity index (χ4v) is 2.27. The van der Waals surface area contributed by atoms with E-state index in [0.29, 0.717) is 16.7 Å². The molecular weight excluding hydrogens is 304 g/mol. The second-order valence-electron chi connectivity index (χ2n) is 4.58. The monoisotopic (exact) mass is 320 g/mol. The van der Waals surface area contributed by atoms with E-state index >= 15 is 0 Å². The summed E-state index contributed by atoms with van der Waals surface area (Å²) >= 11 is 11.3. The maximum atomic E-state index is 5.99. The SMILES string of the molecule is COc1ccccc1CNC(=S)Nc1cc(Cl)ccc1C. The van der Waals surface area contributed by atoms with Gasteiger partial charge in [-0.2, -0.15) is 0 Å². The number of thiocarbonyl (C=S) groups is 1. The lowest BCUT2D eigenvalue weighted by atomic mass is 10.2. The molecule has 0 heterocycles. The van der Waals surface area contributed by atoms with E-state index in [-0.39, 0.29) is 0 Å². The number of halogens is 1. The Balaban J connectivity index is 1.97. The molecule has 0 amide bonds. The Morgan fingerprint density at radius 2 is 2.00 bits per heavy atom. The van der Waals surface area contributed by atoms with Gasteiger partial charge < -0.3 is 15.4 Å². The third kappa shape index (κ3) is 4.34. The Bertz CT molecular complexity index is 646. The number of hydrogen-bond donors (Lipinski definition) is 2. The minimum atomic E-state index is 0.547. The highest BCUT2D eigenvalue weighted by Gasteiger charge is 2.04. The number of para-hydroxylation sites is 1. The molecule has 0 aliphatic rings. The third-order valence-electron chi connectivity index (χ3n) is 3.08. The summed E-state index contributed by atoms with van der Waals surface area (Å²) in [4.78, 5) is 0. The third-order valence-corrected chi connectivity index (χ3v) is 3.56. The van der Waals surface area contributed by atoms with Crippen molar-refractivity contribution in [3.63, 3.8) is 0 Å². The summed E-state index contributed by atoms with van der Waals surface area (Å²) in [6.07, 6.45) is 0. The Kier molecular flexibility index (Phi) is 5.42. The Morgan fingerprint density at radius 3 is 2.76 bits per heavy atom. The van der Waals surface area contributed by atoms with E-state index < -0.39 is 0 Å². The lowest BCUT2D eigenvalue weighted by Crippen LogP contribution is -2.28. The van der Waals surface area contributed by atoms with Crippen LogP contribution >= 0.6 is 23.8 Å². The quantitative estimate of drug-likeness (QED) is 0.829. The summed E-state index contributed by atoms with van der Waals surface area (Å²) in [5, 5.41) is 7.54. The van der Waals surface area contributed by atoms with Crippen molar-refractivity contribution in [3.8, 4) is 5.75 Å². The van der Waals surface area contributed by atoms with Gasteiger partial charge in [-0.3, -0.25) is 0 Å². The molecular formula is C16H17ClN2OS. The maximum absolute atomic E-state index is 5.99. The molecule has 21 heavy (non-hydrogen) atoms. The van der Waals surface area contributed by atoms with Gasteiger partial charge in [0.15, 0.2) is 5.11 Å². The number of rotatable bonds is 4. The standard InChI is InChI=1S/C16H17ClN2OS/c1-11-7-8-13(17)9-14(11)19-16(21)18-10-12-5-3-4-6-15(12)20-2/h3-9H,10H2,1-2H3,(H2,18,19,21). The Hall–Kier alpha value is -1.78. The largest absolute Gasteiger partial charge is 0.496 e. The molecule has 0 saturated heterocycles. The number of methoxy groups -OCH3 is 1. The van der Waals surface area contributed by atoms with Gasteiger partial charge in [0.05, 0.1) is 7.11 Å². The second kappa shape index (κ2) is 7.29. The molecule has 0 atom stereocenters. The van der Waals surface area contributed by atoms with Gasteiger partial charge in [0.1, 0.15) is 5.75 Å². The van der Waals surface area contributed by atoms with Crippen LogP contribution in [0.25, 0.3) is 0 Å². The van der Waals surface area contributed by atoms with E-state index in [1.165, 1.54) is 0 Å². The topological polar surface area (TPSA) is 33.3 Å². The van der Waals surface area contributed by atoms with Crippen LogP contribution in [0.4, 0.5) is 5.69 Å². The fraction of sp³-hybridized carbons (Fsp3) is 0.188. The maximum Gasteiger partial charge on any atom is 0.171 e. The zero-order valence-corrected chi connectivity index (χ0v) is 13.5. The van der Waals surface area contributed by atoms with Crippen molar-refractivity contribution < 1.29 is 4.74 Å². The van der Waals surface area contributed by atoms with Crippen molar-refractivity contribution in [1.29, 1.82) is 0 Å². The average Bonchev–Trinajstić information content (AvgIpc) is 2.49. The van der Waals surface area contributed by atoms with Crippen LogP contribution in [-0.2, 0) is 6.54 Å². The van der Waals surface area contributed by atoms with Gasteiger partial charge in [0.2, 0.25) is 0 Å². The molecule has 0 spiro atoms. The number of hydrogen-bond acceptors (Lipinski definition) is 2. The summed E-state index contributed by atoms with van der Waals surface area (Å²) in [7, 11) is 1.66. The second-order valence-corrected chi connectivity index (χ2v) is 5.42. The highest BCUT2D eigenvalue weighted by atomic mass is 35.5. The van der Waals surface area contributed by atoms with Crippen molar-refractivity contribution in [1.82, 2.24) is 5.32 Å². The van der Waals surface area contributed by atoms with Gasteiger partial charge in [0.25, 0.3) is 0 Å². The summed E-state index contributed by atoms with van der Waals surface area (Å²) in [6.45, 7) is 2.59. The summed E-state index contributed by atoms with van der Waals surface area (Å²) in [5.41, 5.74) is 3.04. The molecule has 2 rings (SSSR count). The summed E-state index contributed by atoms with van der Waals surface area (Å²) < 4.78 is 5.31. The van der Waals surface area contributed by atoms with Gasteiger partial charge in [-0.25, -0.2) is 0 Å². The van der Waals surface area contributed by atoms with Crippen molar-refractivity contribution in [2.24, 2.45) is 0 Å². The van der Waals surface area contributed by atoms with Crippen LogP contribution in [0.15, 0.2) is 42.5 Å². The lowest BCUT2D eigenvalue weighted by molar-refractivity contribution is 0.409. The van der Waals surface area contributed by atoms with Crippen LogP contribution in [0.5, 0.6) is 5.75 Å². The molecule has 110 valence electrons. The van der Waals surface area contributed by atoms with Crippen molar-refractivity contribution in [2.75, 3.05) is 12.4 Å². The first-order valence-corrected chi connectivity index (χ1v) is 7.31. The molecule has 0 aromatic heterocycles. The molecule has 0 aliphatic carbocycles. The van der Waals surface area contributed by atoms with Gasteiger partial charge in [-0.15, -0.1) is 0 Å². The zero-order valence-electron chi connectivity index (χ0n) is 11.9. The van der Waals surface area contributed by atoms with Gasteiger partial charge in [0, 0.05) is 22.8 Å². The normalized spacial score (nSPS) is 10.0. The predicted molar refractivity (Wildman–Crippen MR) is 92.2 cm³/mol. The fourth-order valence-electron chi connectivity index (χ4n) is 1.92. The van der Waals surface area contributed by atoms with E-state index in [9.17, 15) is 0 Å². The molecule has 2 aromatic rings. The minimum Gasteiger partial charge on any atom is -0.496 e. The van der Waals surface area contributed by atoms with Crippen LogP contribution in [0.2, 0.25) is 5.02 Å². The van der Waals surface area contributed by atoms with Gasteiger partial charge >= 0.3 is 0 Å². The minimum absolute atomic E-state index is 0.547. The van der Waals surface area contributed by atoms with Crippen LogP contribution in [-0.4, -0.2) is 12.2 Å². The molecule has 3 nitrogen and oxygen atoms in total. The van der Waals surface area contributed by atoms with E-state index in [1.54, 1.807) is 7.11 Å². The van der Waals surface area contributed by atoms with Crippen LogP contribution < -0.4 is 15.4 Å². The molecule has 2 aromatic carbocycles. The molecule has 2 N–H and O–H groups in total. The number of anilines is 1. The first-order valence-electron chi connectivity index (χ1n) is 6.53. The molecule has 5 heteroatoms. The highest BCUT2D eigenvalue weighted by molar-refractivity contribution is 7.80. The molecule has 0 unspecified atom stereocenters. The first-order chi connectivity index (χ1) is 10.1. The Labute approximate surface area is 135 Å². The molecule has 0 bridgehead atoms. The zero-order chi connectivity index (χ0) is 15.2. The summed E-state index contributed by atoms with van der Waals surface area (Å²) in [6, 6.07) is 13.5. The number of benzene rings is 2. The van der Waals surface area contributed by atoms with E-state index in [1.807, 2.05) is 49.4 Å². The first kappa shape index (κ1) is 15.6. The van der Waals surface area contributed by atoms with Gasteiger partial charge in [-0.05, 0) is 42.9 Å². The molecule has 0 saturated carbocycles. The van der Waals surface area contributed by atoms with Gasteiger partial charge in [-0.1, -0.05) is 35.9 Å². The predicted octanol–water partition coefficient (Wildman–Crippen LogP) is 4.14. The van der Waals surface area contributed by atoms with Crippen LogP contribution in [0, 0.1) is 6.92 Å². The van der Waals surface area contributed by atoms with E-state index in [0.717, 1.165) is 22.6 Å². The number of aryl methyl sites for hydroxylation is 1. The number of ether oxygens (including phenoxy) is 1. The molecule has 0 fully saturated rings. The molecule has 0 aliphatic heterocycles. The Morgan fingerprint density at radius 1 is 1.24 bits per heavy atom. The van der Waals surface area contributed by atoms with Crippen molar-refractivity contribution >= 4 is 34.6 Å². The lowest BCUT2D eigenvalue weighted by Gasteiger charge is -2.14. The van der Waals surface area contributed by atoms with E-state index in [4.69, 9.17) is 28.6 Å². The molecule has 0 radical (unpaired) electrons. The van der Waals surface area contributed by atoms with Crippen LogP contribution in [0.3, 0.4) is 0 Å². The van der Waals surface area contributed by atoms with E-state index in [2.05, 4.69) is 10.6 Å². The van der Waals surface area contributed by atoms with Crippen molar-refractivity contribution in [3.05, 3.63) is 58.6 Å². The smallest absolute Gasteiger partial charge is 0.171 e. The average molecular weight is 321 g/mol. The van der Waals surface area contributed by atoms with Crippen LogP contribution in [0.1, 0.15) is 11.1 Å². The highest BCUT2D eigenvalue weighted by Crippen LogP contribution is 2.20. The number of nitrogens with one attached hydrogen (secondary N) is 2. The summed E-state index contributed by atoms with van der Waals surface area (Å²) in [5.74, 6) is 0.840.